The minimum atomic E-state index is -4.65. The molecule has 0 spiro atoms. The van der Waals surface area contributed by atoms with E-state index in [-0.39, 0.29) is 16.6 Å². The van der Waals surface area contributed by atoms with Crippen molar-refractivity contribution in [3.05, 3.63) is 60.3 Å². The number of anilines is 1. The van der Waals surface area contributed by atoms with Crippen molar-refractivity contribution in [2.75, 3.05) is 25.3 Å². The Hall–Kier alpha value is -3.27. The van der Waals surface area contributed by atoms with Crippen LogP contribution in [-0.4, -0.2) is 35.8 Å². The van der Waals surface area contributed by atoms with Crippen LogP contribution in [0.2, 0.25) is 0 Å². The second kappa shape index (κ2) is 9.69. The molecule has 0 aliphatic heterocycles. The monoisotopic (exact) mass is 449 g/mol. The average molecular weight is 449 g/mol. The number of carbonyl (C=O) groups is 1. The Morgan fingerprint density at radius 2 is 1.74 bits per heavy atom. The fourth-order valence-corrected chi connectivity index (χ4v) is 3.27. The number of hydrogen-bond donors (Lipinski definition) is 1. The number of amides is 1. The molecule has 6 nitrogen and oxygen atoms in total. The molecule has 0 saturated heterocycles. The number of hydrogen-bond acceptors (Lipinski definition) is 6. The van der Waals surface area contributed by atoms with Gasteiger partial charge in [-0.25, -0.2) is 9.97 Å². The van der Waals surface area contributed by atoms with Crippen molar-refractivity contribution in [1.82, 2.24) is 9.97 Å². The van der Waals surface area contributed by atoms with Crippen molar-refractivity contribution < 1.29 is 27.4 Å². The highest BCUT2D eigenvalue weighted by Crippen LogP contribution is 2.32. The topological polar surface area (TPSA) is 73.3 Å². The maximum Gasteiger partial charge on any atom is 0.433 e. The van der Waals surface area contributed by atoms with Crippen molar-refractivity contribution in [3.8, 4) is 22.8 Å². The van der Waals surface area contributed by atoms with Crippen LogP contribution in [0.15, 0.2) is 59.8 Å². The lowest BCUT2D eigenvalue weighted by Crippen LogP contribution is -2.15. The molecule has 1 N–H and O–H groups in total. The fraction of sp³-hybridized carbons (Fsp3) is 0.190. The number of carbonyl (C=O) groups excluding carboxylic acids is 1. The fourth-order valence-electron chi connectivity index (χ4n) is 2.61. The van der Waals surface area contributed by atoms with Crippen LogP contribution < -0.4 is 14.8 Å². The summed E-state index contributed by atoms with van der Waals surface area (Å²) in [5, 5.41) is 2.50. The summed E-state index contributed by atoms with van der Waals surface area (Å²) >= 11 is 0.808. The van der Waals surface area contributed by atoms with Crippen LogP contribution in [0, 0.1) is 0 Å². The van der Waals surface area contributed by atoms with Gasteiger partial charge in [0.2, 0.25) is 5.91 Å². The molecule has 0 aliphatic carbocycles. The highest BCUT2D eigenvalue weighted by atomic mass is 32.2. The Labute approximate surface area is 180 Å². The molecule has 10 heteroatoms. The number of benzene rings is 2. The molecule has 3 aromatic rings. The van der Waals surface area contributed by atoms with E-state index in [1.807, 2.05) is 0 Å². The third kappa shape index (κ3) is 5.88. The number of rotatable bonds is 7. The zero-order valence-electron chi connectivity index (χ0n) is 16.6. The van der Waals surface area contributed by atoms with Gasteiger partial charge in [-0.1, -0.05) is 23.9 Å². The summed E-state index contributed by atoms with van der Waals surface area (Å²) in [7, 11) is 2.96. The second-order valence-corrected chi connectivity index (χ2v) is 7.13. The molecule has 2 aromatic carbocycles. The molecule has 0 fully saturated rings. The van der Waals surface area contributed by atoms with Crippen molar-refractivity contribution in [1.29, 1.82) is 0 Å². The third-order valence-electron chi connectivity index (χ3n) is 4.10. The van der Waals surface area contributed by atoms with E-state index in [4.69, 9.17) is 9.47 Å². The highest BCUT2D eigenvalue weighted by molar-refractivity contribution is 7.99. The van der Waals surface area contributed by atoms with E-state index >= 15 is 0 Å². The smallest absolute Gasteiger partial charge is 0.433 e. The zero-order valence-corrected chi connectivity index (χ0v) is 17.4. The van der Waals surface area contributed by atoms with Crippen LogP contribution in [0.5, 0.6) is 11.5 Å². The third-order valence-corrected chi connectivity index (χ3v) is 4.94. The average Bonchev–Trinajstić information content (AvgIpc) is 2.77. The summed E-state index contributed by atoms with van der Waals surface area (Å²) in [5.74, 6) is 0.428. The van der Waals surface area contributed by atoms with Gasteiger partial charge in [0.15, 0.2) is 5.16 Å². The van der Waals surface area contributed by atoms with Crippen molar-refractivity contribution >= 4 is 23.4 Å². The van der Waals surface area contributed by atoms with Crippen molar-refractivity contribution in [2.24, 2.45) is 0 Å². The van der Waals surface area contributed by atoms with Gasteiger partial charge >= 0.3 is 6.18 Å². The Kier molecular flexibility index (Phi) is 7.01. The number of aromatic nitrogens is 2. The first-order valence-electron chi connectivity index (χ1n) is 8.96. The SMILES string of the molecule is COc1ccc(-c2cc(C(F)(F)F)nc(SCC(=O)Nc3ccccc3OC)n2)cc1. The Balaban J connectivity index is 1.80. The summed E-state index contributed by atoms with van der Waals surface area (Å²) < 4.78 is 50.2. The molecule has 162 valence electrons. The summed E-state index contributed by atoms with van der Waals surface area (Å²) in [6.07, 6.45) is -4.65. The van der Waals surface area contributed by atoms with Crippen molar-refractivity contribution in [2.45, 2.75) is 11.3 Å². The van der Waals surface area contributed by atoms with Gasteiger partial charge in [0.05, 0.1) is 31.4 Å². The maximum absolute atomic E-state index is 13.3. The largest absolute Gasteiger partial charge is 0.497 e. The van der Waals surface area contributed by atoms with E-state index in [9.17, 15) is 18.0 Å². The number of ether oxygens (including phenoxy) is 2. The maximum atomic E-state index is 13.3. The van der Waals surface area contributed by atoms with E-state index in [0.717, 1.165) is 17.8 Å². The first-order chi connectivity index (χ1) is 14.8. The van der Waals surface area contributed by atoms with Gasteiger partial charge in [-0.3, -0.25) is 4.79 Å². The van der Waals surface area contributed by atoms with Crippen LogP contribution in [0.25, 0.3) is 11.3 Å². The predicted molar refractivity (Wildman–Crippen MR) is 111 cm³/mol. The summed E-state index contributed by atoms with van der Waals surface area (Å²) in [6.45, 7) is 0. The van der Waals surface area contributed by atoms with Crippen LogP contribution in [0.4, 0.5) is 18.9 Å². The first-order valence-corrected chi connectivity index (χ1v) is 9.95. The molecular weight excluding hydrogens is 431 g/mol. The Morgan fingerprint density at radius 1 is 1.03 bits per heavy atom. The van der Waals surface area contributed by atoms with Gasteiger partial charge in [0.25, 0.3) is 0 Å². The Bertz CT molecular complexity index is 1060. The molecule has 3 rings (SSSR count). The van der Waals surface area contributed by atoms with Crippen LogP contribution in [-0.2, 0) is 11.0 Å². The molecular formula is C21H18F3N3O3S. The quantitative estimate of drug-likeness (QED) is 0.408. The number of nitrogens with one attached hydrogen (secondary N) is 1. The molecule has 1 heterocycles. The summed E-state index contributed by atoms with van der Waals surface area (Å²) in [4.78, 5) is 20.0. The van der Waals surface area contributed by atoms with Gasteiger partial charge in [-0.15, -0.1) is 0 Å². The number of nitrogens with zero attached hydrogens (tertiary/aromatic N) is 2. The van der Waals surface area contributed by atoms with Crippen LogP contribution in [0.1, 0.15) is 5.69 Å². The van der Waals surface area contributed by atoms with Gasteiger partial charge in [0, 0.05) is 5.56 Å². The van der Waals surface area contributed by atoms with E-state index in [1.54, 1.807) is 48.5 Å². The molecule has 0 aliphatic rings. The molecule has 1 aromatic heterocycles. The number of para-hydroxylation sites is 2. The van der Waals surface area contributed by atoms with Crippen molar-refractivity contribution in [3.63, 3.8) is 0 Å². The lowest BCUT2D eigenvalue weighted by atomic mass is 10.1. The van der Waals surface area contributed by atoms with E-state index in [0.29, 0.717) is 22.7 Å². The predicted octanol–water partition coefficient (Wildman–Crippen LogP) is 4.91. The highest BCUT2D eigenvalue weighted by Gasteiger charge is 2.34. The lowest BCUT2D eigenvalue weighted by molar-refractivity contribution is -0.141. The number of alkyl halides is 3. The molecule has 1 amide bonds. The molecule has 31 heavy (non-hydrogen) atoms. The standard InChI is InChI=1S/C21H18F3N3O3S/c1-29-14-9-7-13(8-10-14)16-11-18(21(22,23)24)27-20(26-16)31-12-19(28)25-15-5-3-4-6-17(15)30-2/h3-11H,12H2,1-2H3,(H,25,28). The van der Waals surface area contributed by atoms with E-state index in [2.05, 4.69) is 15.3 Å². The van der Waals surface area contributed by atoms with Crippen LogP contribution >= 0.6 is 11.8 Å². The first kappa shape index (κ1) is 22.4. The summed E-state index contributed by atoms with van der Waals surface area (Å²) in [6, 6.07) is 14.1. The van der Waals surface area contributed by atoms with Gasteiger partial charge in [-0.05, 0) is 42.5 Å². The van der Waals surface area contributed by atoms with E-state index in [1.165, 1.54) is 14.2 Å². The minimum absolute atomic E-state index is 0.0950. The van der Waals surface area contributed by atoms with Crippen LogP contribution in [0.3, 0.4) is 0 Å². The summed E-state index contributed by atoms with van der Waals surface area (Å²) in [5.41, 5.74) is -0.0629. The second-order valence-electron chi connectivity index (χ2n) is 6.18. The molecule has 0 saturated carbocycles. The number of thioether (sulfide) groups is 1. The van der Waals surface area contributed by atoms with Gasteiger partial charge in [-0.2, -0.15) is 13.2 Å². The van der Waals surface area contributed by atoms with Gasteiger partial charge < -0.3 is 14.8 Å². The molecule has 0 bridgehead atoms. The molecule has 0 radical (unpaired) electrons. The van der Waals surface area contributed by atoms with E-state index < -0.39 is 17.8 Å². The molecule has 0 unspecified atom stereocenters. The zero-order chi connectivity index (χ0) is 22.4. The Morgan fingerprint density at radius 3 is 2.39 bits per heavy atom. The molecule has 0 atom stereocenters. The number of halogens is 3. The lowest BCUT2D eigenvalue weighted by Gasteiger charge is -2.11. The number of methoxy groups -OCH3 is 2. The normalized spacial score (nSPS) is 11.1. The van der Waals surface area contributed by atoms with Gasteiger partial charge in [0.1, 0.15) is 17.2 Å². The minimum Gasteiger partial charge on any atom is -0.497 e.